The summed E-state index contributed by atoms with van der Waals surface area (Å²) in [5.74, 6) is -0.874. The normalized spacial score (nSPS) is 16.2. The number of carbonyl (C=O) groups is 1. The van der Waals surface area contributed by atoms with Crippen LogP contribution in [0.25, 0.3) is 0 Å². The van der Waals surface area contributed by atoms with Crippen LogP contribution in [0.5, 0.6) is 0 Å². The van der Waals surface area contributed by atoms with Crippen LogP contribution in [0, 0.1) is 0 Å². The molecule has 1 aliphatic heterocycles. The molecule has 3 rings (SSSR count). The predicted octanol–water partition coefficient (Wildman–Crippen LogP) is 4.79. The maximum absolute atomic E-state index is 10.9. The van der Waals surface area contributed by atoms with Gasteiger partial charge in [-0.15, -0.1) is 11.8 Å². The monoisotopic (exact) mass is 361 g/mol. The zero-order valence-electron chi connectivity index (χ0n) is 13.3. The van der Waals surface area contributed by atoms with Crippen molar-refractivity contribution < 1.29 is 9.90 Å². The Balaban J connectivity index is 1.48. The molecule has 5 heteroatoms. The maximum Gasteiger partial charge on any atom is 0.335 e. The van der Waals surface area contributed by atoms with E-state index in [9.17, 15) is 4.79 Å². The van der Waals surface area contributed by atoms with Crippen LogP contribution in [-0.4, -0.2) is 34.3 Å². The van der Waals surface area contributed by atoms with Crippen LogP contribution in [0.1, 0.15) is 28.8 Å². The minimum absolute atomic E-state index is 0.344. The molecule has 2 aromatic rings. The molecule has 1 heterocycles. The van der Waals surface area contributed by atoms with Crippen molar-refractivity contribution in [1.82, 2.24) is 4.90 Å². The molecule has 0 bridgehead atoms. The van der Waals surface area contributed by atoms with Gasteiger partial charge in [0.25, 0.3) is 0 Å². The maximum atomic E-state index is 10.9. The molecular weight excluding hydrogens is 342 g/mol. The quantitative estimate of drug-likeness (QED) is 0.830. The van der Waals surface area contributed by atoms with E-state index in [1.165, 1.54) is 23.3 Å². The Morgan fingerprint density at radius 3 is 2.29 bits per heavy atom. The molecule has 1 N–H and O–H groups in total. The van der Waals surface area contributed by atoms with Gasteiger partial charge < -0.3 is 5.11 Å². The van der Waals surface area contributed by atoms with Crippen molar-refractivity contribution in [2.45, 2.75) is 29.5 Å². The minimum atomic E-state index is -0.874. The van der Waals surface area contributed by atoms with Gasteiger partial charge in [0, 0.05) is 21.7 Å². The van der Waals surface area contributed by atoms with Gasteiger partial charge in [-0.25, -0.2) is 4.79 Å². The van der Waals surface area contributed by atoms with Crippen LogP contribution < -0.4 is 0 Å². The Hall–Kier alpha value is -1.49. The van der Waals surface area contributed by atoms with Crippen molar-refractivity contribution in [3.63, 3.8) is 0 Å². The minimum Gasteiger partial charge on any atom is -0.478 e. The van der Waals surface area contributed by atoms with Crippen molar-refractivity contribution in [3.05, 3.63) is 64.7 Å². The highest BCUT2D eigenvalue weighted by atomic mass is 35.5. The summed E-state index contributed by atoms with van der Waals surface area (Å²) >= 11 is 7.87. The third-order valence-corrected chi connectivity index (χ3v) is 5.86. The van der Waals surface area contributed by atoms with E-state index in [1.54, 1.807) is 12.1 Å². The number of halogens is 1. The lowest BCUT2D eigenvalue weighted by atomic mass is 10.1. The highest BCUT2D eigenvalue weighted by Gasteiger charge is 2.20. The first-order valence-corrected chi connectivity index (χ1v) is 9.33. The summed E-state index contributed by atoms with van der Waals surface area (Å²) in [4.78, 5) is 14.6. The van der Waals surface area contributed by atoms with Crippen LogP contribution in [-0.2, 0) is 6.54 Å². The van der Waals surface area contributed by atoms with E-state index in [4.69, 9.17) is 16.7 Å². The van der Waals surface area contributed by atoms with Gasteiger partial charge in [-0.1, -0.05) is 23.7 Å². The van der Waals surface area contributed by atoms with Gasteiger partial charge in [-0.05, 0) is 67.9 Å². The largest absolute Gasteiger partial charge is 0.478 e. The topological polar surface area (TPSA) is 40.5 Å². The van der Waals surface area contributed by atoms with Crippen LogP contribution >= 0.6 is 23.4 Å². The molecule has 0 aliphatic carbocycles. The van der Waals surface area contributed by atoms with Crippen LogP contribution in [0.3, 0.4) is 0 Å². The molecular formula is C19H20ClNO2S. The number of hydrogen-bond acceptors (Lipinski definition) is 3. The highest BCUT2D eigenvalue weighted by Crippen LogP contribution is 2.31. The van der Waals surface area contributed by atoms with Crippen molar-refractivity contribution in [2.24, 2.45) is 0 Å². The highest BCUT2D eigenvalue weighted by molar-refractivity contribution is 8.00. The molecule has 0 aromatic heterocycles. The second-order valence-electron chi connectivity index (χ2n) is 6.05. The summed E-state index contributed by atoms with van der Waals surface area (Å²) in [5, 5.41) is 10.4. The summed E-state index contributed by atoms with van der Waals surface area (Å²) in [7, 11) is 0. The van der Waals surface area contributed by atoms with E-state index >= 15 is 0 Å². The number of benzene rings is 2. The van der Waals surface area contributed by atoms with Crippen molar-refractivity contribution >= 4 is 29.3 Å². The van der Waals surface area contributed by atoms with Gasteiger partial charge in [-0.3, -0.25) is 4.90 Å². The lowest BCUT2D eigenvalue weighted by Crippen LogP contribution is -2.34. The van der Waals surface area contributed by atoms with Crippen LogP contribution in [0.4, 0.5) is 0 Å². The summed E-state index contributed by atoms with van der Waals surface area (Å²) in [6.07, 6.45) is 2.33. The number of thioether (sulfide) groups is 1. The third-order valence-electron chi connectivity index (χ3n) is 4.26. The molecule has 0 radical (unpaired) electrons. The van der Waals surface area contributed by atoms with E-state index in [0.29, 0.717) is 10.8 Å². The molecule has 0 amide bonds. The summed E-state index contributed by atoms with van der Waals surface area (Å²) in [5.41, 5.74) is 1.51. The Bertz CT molecular complexity index is 680. The average molecular weight is 362 g/mol. The first-order valence-electron chi connectivity index (χ1n) is 8.07. The number of carboxylic acids is 1. The van der Waals surface area contributed by atoms with E-state index in [0.717, 1.165) is 24.7 Å². The molecule has 0 unspecified atom stereocenters. The molecule has 1 aliphatic rings. The molecule has 1 fully saturated rings. The molecule has 1 saturated heterocycles. The van der Waals surface area contributed by atoms with Gasteiger partial charge in [0.1, 0.15) is 0 Å². The lowest BCUT2D eigenvalue weighted by molar-refractivity contribution is 0.0697. The SMILES string of the molecule is O=C(O)c1ccc(CN2CCC(Sc3ccc(Cl)cc3)CC2)cc1. The Morgan fingerprint density at radius 1 is 1.08 bits per heavy atom. The number of nitrogens with zero attached hydrogens (tertiary/aromatic N) is 1. The average Bonchev–Trinajstić information content (AvgIpc) is 2.59. The van der Waals surface area contributed by atoms with Gasteiger partial charge in [-0.2, -0.15) is 0 Å². The zero-order chi connectivity index (χ0) is 16.9. The van der Waals surface area contributed by atoms with E-state index in [2.05, 4.69) is 17.0 Å². The standard InChI is InChI=1S/C19H20ClNO2S/c20-16-5-7-17(8-6-16)24-18-9-11-21(12-10-18)13-14-1-3-15(4-2-14)19(22)23/h1-8,18H,9-13H2,(H,22,23). The van der Waals surface area contributed by atoms with Gasteiger partial charge in [0.2, 0.25) is 0 Å². The first kappa shape index (κ1) is 17.3. The van der Waals surface area contributed by atoms with Gasteiger partial charge >= 0.3 is 5.97 Å². The number of aromatic carboxylic acids is 1. The van der Waals surface area contributed by atoms with Crippen LogP contribution in [0.15, 0.2) is 53.4 Å². The Kier molecular flexibility index (Phi) is 5.82. The van der Waals surface area contributed by atoms with Crippen molar-refractivity contribution in [2.75, 3.05) is 13.1 Å². The molecule has 0 spiro atoms. The zero-order valence-corrected chi connectivity index (χ0v) is 14.9. The summed E-state index contributed by atoms with van der Waals surface area (Å²) in [6.45, 7) is 3.04. The number of hydrogen-bond donors (Lipinski definition) is 1. The number of carboxylic acid groups (broad SMARTS) is 1. The molecule has 126 valence electrons. The summed E-state index contributed by atoms with van der Waals surface area (Å²) < 4.78 is 0. The molecule has 3 nitrogen and oxygen atoms in total. The van der Waals surface area contributed by atoms with E-state index in [1.807, 2.05) is 36.0 Å². The fraction of sp³-hybridized carbons (Fsp3) is 0.316. The van der Waals surface area contributed by atoms with Gasteiger partial charge in [0.15, 0.2) is 0 Å². The van der Waals surface area contributed by atoms with E-state index in [-0.39, 0.29) is 0 Å². The predicted molar refractivity (Wildman–Crippen MR) is 99.0 cm³/mol. The number of likely N-dealkylation sites (tertiary alicyclic amines) is 1. The van der Waals surface area contributed by atoms with Crippen LogP contribution in [0.2, 0.25) is 5.02 Å². The Labute approximate surface area is 151 Å². The molecule has 24 heavy (non-hydrogen) atoms. The Morgan fingerprint density at radius 2 is 1.71 bits per heavy atom. The van der Waals surface area contributed by atoms with Gasteiger partial charge in [0.05, 0.1) is 5.56 Å². The fourth-order valence-electron chi connectivity index (χ4n) is 2.90. The van der Waals surface area contributed by atoms with Crippen molar-refractivity contribution in [1.29, 1.82) is 0 Å². The van der Waals surface area contributed by atoms with E-state index < -0.39 is 5.97 Å². The second kappa shape index (κ2) is 8.06. The molecule has 2 aromatic carbocycles. The third kappa shape index (κ3) is 4.76. The fourth-order valence-corrected chi connectivity index (χ4v) is 4.15. The lowest BCUT2D eigenvalue weighted by Gasteiger charge is -2.31. The number of piperidine rings is 1. The van der Waals surface area contributed by atoms with Crippen molar-refractivity contribution in [3.8, 4) is 0 Å². The number of rotatable bonds is 5. The molecule has 0 saturated carbocycles. The summed E-state index contributed by atoms with van der Waals surface area (Å²) in [6, 6.07) is 15.3. The smallest absolute Gasteiger partial charge is 0.335 e. The second-order valence-corrected chi connectivity index (χ2v) is 7.86. The molecule has 0 atom stereocenters. The first-order chi connectivity index (χ1) is 11.6.